The predicted molar refractivity (Wildman–Crippen MR) is 95.0 cm³/mol. The number of hydrogen-bond acceptors (Lipinski definition) is 3. The van der Waals surface area contributed by atoms with Crippen molar-refractivity contribution < 1.29 is 4.79 Å². The summed E-state index contributed by atoms with van der Waals surface area (Å²) in [7, 11) is 3.52. The molecule has 0 bridgehead atoms. The number of allylic oxidation sites excluding steroid dienone is 2. The van der Waals surface area contributed by atoms with E-state index < -0.39 is 0 Å². The van der Waals surface area contributed by atoms with Crippen LogP contribution in [0.2, 0.25) is 0 Å². The molecule has 6 heteroatoms. The average molecular weight is 328 g/mol. The topological polar surface area (TPSA) is 68.9 Å². The highest BCUT2D eigenvalue weighted by atomic mass is 16.2. The third-order valence-electron chi connectivity index (χ3n) is 4.87. The molecule has 1 amide bonds. The van der Waals surface area contributed by atoms with E-state index in [1.54, 1.807) is 23.3 Å². The first-order chi connectivity index (χ1) is 11.5. The summed E-state index contributed by atoms with van der Waals surface area (Å²) in [5, 5.41) is 7.75. The molecule has 2 heterocycles. The average Bonchev–Trinajstić information content (AvgIpc) is 2.80. The molecule has 6 nitrogen and oxygen atoms in total. The van der Waals surface area contributed by atoms with Crippen molar-refractivity contribution in [1.82, 2.24) is 14.3 Å². The fourth-order valence-electron chi connectivity index (χ4n) is 3.26. The van der Waals surface area contributed by atoms with Crippen LogP contribution in [0.15, 0.2) is 23.0 Å². The standard InChI is InChI=1S/C18H24N4O2/c1-12-11-14-15(18(24)21(12)2)16(20-22(14)3)19-17(23)13-9-7-5-4-6-8-10-13/h4-5,11,13H,6-10H2,1-3H3,(H,19,20,23)/b5-4-. The van der Waals surface area contributed by atoms with Crippen molar-refractivity contribution in [2.24, 2.45) is 20.0 Å². The Morgan fingerprint density at radius 2 is 2.00 bits per heavy atom. The number of hydrogen-bond donors (Lipinski definition) is 1. The van der Waals surface area contributed by atoms with Crippen molar-refractivity contribution in [3.8, 4) is 0 Å². The van der Waals surface area contributed by atoms with Gasteiger partial charge in [0, 0.05) is 25.7 Å². The molecule has 1 N–H and O–H groups in total. The van der Waals surface area contributed by atoms with Gasteiger partial charge in [0.05, 0.1) is 5.52 Å². The lowest BCUT2D eigenvalue weighted by molar-refractivity contribution is -0.120. The van der Waals surface area contributed by atoms with E-state index in [4.69, 9.17) is 0 Å². The molecule has 2 aromatic rings. The van der Waals surface area contributed by atoms with Crippen molar-refractivity contribution in [1.29, 1.82) is 0 Å². The maximum atomic E-state index is 12.7. The normalized spacial score (nSPS) is 19.7. The van der Waals surface area contributed by atoms with Gasteiger partial charge in [-0.1, -0.05) is 12.2 Å². The molecule has 3 rings (SSSR count). The molecule has 0 radical (unpaired) electrons. The van der Waals surface area contributed by atoms with Gasteiger partial charge >= 0.3 is 0 Å². The molecule has 1 unspecified atom stereocenters. The van der Waals surface area contributed by atoms with Crippen molar-refractivity contribution >= 4 is 22.6 Å². The Balaban J connectivity index is 1.92. The number of nitrogens with one attached hydrogen (secondary N) is 1. The van der Waals surface area contributed by atoms with Crippen LogP contribution in [0, 0.1) is 12.8 Å². The number of fused-ring (bicyclic) bond motifs is 1. The molecule has 0 saturated heterocycles. The first-order valence-electron chi connectivity index (χ1n) is 8.48. The Hall–Kier alpha value is -2.37. The molecule has 128 valence electrons. The van der Waals surface area contributed by atoms with Crippen molar-refractivity contribution in [3.05, 3.63) is 34.3 Å². The smallest absolute Gasteiger partial charge is 0.263 e. The third-order valence-corrected chi connectivity index (χ3v) is 4.87. The molecule has 0 aromatic carbocycles. The summed E-state index contributed by atoms with van der Waals surface area (Å²) >= 11 is 0. The predicted octanol–water partition coefficient (Wildman–Crippen LogP) is 2.66. The highest BCUT2D eigenvalue weighted by Crippen LogP contribution is 2.23. The molecule has 0 fully saturated rings. The van der Waals surface area contributed by atoms with Crippen LogP contribution in [0.5, 0.6) is 0 Å². The number of anilines is 1. The summed E-state index contributed by atoms with van der Waals surface area (Å²) < 4.78 is 3.24. The first kappa shape index (κ1) is 16.5. The Kier molecular flexibility index (Phi) is 4.55. The molecule has 2 aromatic heterocycles. The summed E-state index contributed by atoms with van der Waals surface area (Å²) in [4.78, 5) is 25.2. The monoisotopic (exact) mass is 328 g/mol. The number of carbonyl (C=O) groups is 1. The molecular weight excluding hydrogens is 304 g/mol. The summed E-state index contributed by atoms with van der Waals surface area (Å²) in [6.07, 6.45) is 9.00. The van der Waals surface area contributed by atoms with Gasteiger partial charge in [-0.3, -0.25) is 14.3 Å². The van der Waals surface area contributed by atoms with E-state index in [1.165, 1.54) is 0 Å². The number of amides is 1. The Morgan fingerprint density at radius 3 is 2.79 bits per heavy atom. The summed E-state index contributed by atoms with van der Waals surface area (Å²) in [5.74, 6) is 0.310. The molecule has 0 aliphatic heterocycles. The number of carbonyl (C=O) groups excluding carboxylic acids is 1. The molecule has 1 atom stereocenters. The lowest BCUT2D eigenvalue weighted by Gasteiger charge is -2.16. The number of rotatable bonds is 2. The molecule has 0 spiro atoms. The van der Waals surface area contributed by atoms with Crippen LogP contribution >= 0.6 is 0 Å². The Morgan fingerprint density at radius 1 is 1.25 bits per heavy atom. The van der Waals surface area contributed by atoms with Gasteiger partial charge in [0.25, 0.3) is 5.56 Å². The van der Waals surface area contributed by atoms with Gasteiger partial charge in [-0.2, -0.15) is 5.10 Å². The van der Waals surface area contributed by atoms with Crippen LogP contribution in [0.3, 0.4) is 0 Å². The van der Waals surface area contributed by atoms with E-state index in [-0.39, 0.29) is 17.4 Å². The van der Waals surface area contributed by atoms with Crippen LogP contribution in [0.1, 0.15) is 37.8 Å². The lowest BCUT2D eigenvalue weighted by Crippen LogP contribution is -2.25. The maximum Gasteiger partial charge on any atom is 0.263 e. The van der Waals surface area contributed by atoms with Crippen molar-refractivity contribution in [2.45, 2.75) is 39.0 Å². The highest BCUT2D eigenvalue weighted by molar-refractivity contribution is 6.00. The fraction of sp³-hybridized carbons (Fsp3) is 0.500. The van der Waals surface area contributed by atoms with Crippen molar-refractivity contribution in [2.75, 3.05) is 5.32 Å². The van der Waals surface area contributed by atoms with Gasteiger partial charge in [0.15, 0.2) is 5.82 Å². The minimum atomic E-state index is -0.131. The molecule has 24 heavy (non-hydrogen) atoms. The second kappa shape index (κ2) is 6.63. The first-order valence-corrected chi connectivity index (χ1v) is 8.48. The van der Waals surface area contributed by atoms with Crippen LogP contribution < -0.4 is 10.9 Å². The van der Waals surface area contributed by atoms with Crippen LogP contribution in [0.4, 0.5) is 5.82 Å². The second-order valence-corrected chi connectivity index (χ2v) is 6.55. The summed E-state index contributed by atoms with van der Waals surface area (Å²) in [5.41, 5.74) is 1.47. The SMILES string of the molecule is Cc1cc2c(c(NC(=O)C3CC/C=C\CCC3)nn2C)c(=O)n1C. The van der Waals surface area contributed by atoms with Crippen LogP contribution in [-0.2, 0) is 18.9 Å². The Labute approximate surface area is 141 Å². The van der Waals surface area contributed by atoms with Crippen LogP contribution in [-0.4, -0.2) is 20.3 Å². The van der Waals surface area contributed by atoms with E-state index in [1.807, 2.05) is 13.0 Å². The molecular formula is C18H24N4O2. The highest BCUT2D eigenvalue weighted by Gasteiger charge is 2.22. The van der Waals surface area contributed by atoms with Gasteiger partial charge in [-0.05, 0) is 45.1 Å². The fourth-order valence-corrected chi connectivity index (χ4v) is 3.26. The number of nitrogens with zero attached hydrogens (tertiary/aromatic N) is 3. The van der Waals surface area contributed by atoms with Gasteiger partial charge in [-0.25, -0.2) is 0 Å². The molecule has 0 saturated carbocycles. The van der Waals surface area contributed by atoms with Gasteiger partial charge in [0.1, 0.15) is 5.39 Å². The zero-order valence-electron chi connectivity index (χ0n) is 14.5. The quantitative estimate of drug-likeness (QED) is 0.862. The van der Waals surface area contributed by atoms with Gasteiger partial charge in [0.2, 0.25) is 5.91 Å². The number of aromatic nitrogens is 3. The van der Waals surface area contributed by atoms with E-state index >= 15 is 0 Å². The van der Waals surface area contributed by atoms with Gasteiger partial charge < -0.3 is 9.88 Å². The van der Waals surface area contributed by atoms with Crippen LogP contribution in [0.25, 0.3) is 10.9 Å². The lowest BCUT2D eigenvalue weighted by atomic mass is 9.93. The number of pyridine rings is 1. The summed E-state index contributed by atoms with van der Waals surface area (Å²) in [6.45, 7) is 1.88. The number of aryl methyl sites for hydroxylation is 2. The van der Waals surface area contributed by atoms with Crippen molar-refractivity contribution in [3.63, 3.8) is 0 Å². The molecule has 1 aliphatic carbocycles. The summed E-state index contributed by atoms with van der Waals surface area (Å²) in [6, 6.07) is 1.92. The maximum absolute atomic E-state index is 12.7. The third kappa shape index (κ3) is 3.00. The second-order valence-electron chi connectivity index (χ2n) is 6.55. The zero-order chi connectivity index (χ0) is 17.3. The largest absolute Gasteiger partial charge is 0.315 e. The minimum Gasteiger partial charge on any atom is -0.315 e. The molecule has 1 aliphatic rings. The van der Waals surface area contributed by atoms with E-state index in [2.05, 4.69) is 22.6 Å². The minimum absolute atomic E-state index is 0.0266. The van der Waals surface area contributed by atoms with E-state index in [0.29, 0.717) is 11.2 Å². The van der Waals surface area contributed by atoms with E-state index in [9.17, 15) is 9.59 Å². The van der Waals surface area contributed by atoms with Gasteiger partial charge in [-0.15, -0.1) is 0 Å². The van der Waals surface area contributed by atoms with E-state index in [0.717, 1.165) is 43.3 Å². The Bertz CT molecular complexity index is 860. The zero-order valence-corrected chi connectivity index (χ0v) is 14.5.